The first kappa shape index (κ1) is 18.9. The molecule has 4 heterocycles. The monoisotopic (exact) mass is 400 g/mol. The van der Waals surface area contributed by atoms with Crippen molar-refractivity contribution < 1.29 is 4.39 Å². The first-order valence-electron chi connectivity index (χ1n) is 10.6. The van der Waals surface area contributed by atoms with Crippen LogP contribution in [0.3, 0.4) is 0 Å². The molecule has 3 aromatic heterocycles. The lowest BCUT2D eigenvalue weighted by atomic mass is 10.0. The van der Waals surface area contributed by atoms with Gasteiger partial charge in [-0.1, -0.05) is 12.5 Å². The van der Waals surface area contributed by atoms with Gasteiger partial charge >= 0.3 is 0 Å². The van der Waals surface area contributed by atoms with E-state index in [1.165, 1.54) is 37.0 Å². The van der Waals surface area contributed by atoms with Crippen LogP contribution in [-0.2, 0) is 6.54 Å². The number of pyridine rings is 2. The SMILES string of the molecule is C[C@H]1CCCCN1Cc1ccc2c(-c3ccncc3)c(-c3ccc(F)cc3)nn2c1. The van der Waals surface area contributed by atoms with Gasteiger partial charge in [0.25, 0.3) is 0 Å². The molecule has 5 rings (SSSR count). The normalized spacial score (nSPS) is 17.5. The van der Waals surface area contributed by atoms with E-state index in [0.717, 1.165) is 41.0 Å². The molecule has 0 N–H and O–H groups in total. The molecule has 0 spiro atoms. The second-order valence-corrected chi connectivity index (χ2v) is 8.15. The zero-order valence-corrected chi connectivity index (χ0v) is 17.1. The summed E-state index contributed by atoms with van der Waals surface area (Å²) < 4.78 is 15.5. The molecule has 0 unspecified atom stereocenters. The average molecular weight is 401 g/mol. The Hall–Kier alpha value is -3.05. The quantitative estimate of drug-likeness (QED) is 0.449. The van der Waals surface area contributed by atoms with Crippen molar-refractivity contribution in [2.75, 3.05) is 6.54 Å². The summed E-state index contributed by atoms with van der Waals surface area (Å²) >= 11 is 0. The Morgan fingerprint density at radius 3 is 2.53 bits per heavy atom. The average Bonchev–Trinajstić information content (AvgIpc) is 3.15. The van der Waals surface area contributed by atoms with Crippen LogP contribution >= 0.6 is 0 Å². The molecule has 1 saturated heterocycles. The van der Waals surface area contributed by atoms with E-state index in [-0.39, 0.29) is 5.82 Å². The first-order valence-corrected chi connectivity index (χ1v) is 10.6. The van der Waals surface area contributed by atoms with Crippen LogP contribution in [0.5, 0.6) is 0 Å². The third-order valence-corrected chi connectivity index (χ3v) is 6.10. The third-order valence-electron chi connectivity index (χ3n) is 6.10. The van der Waals surface area contributed by atoms with E-state index in [0.29, 0.717) is 6.04 Å². The molecular weight excluding hydrogens is 375 g/mol. The second kappa shape index (κ2) is 8.00. The lowest BCUT2D eigenvalue weighted by Crippen LogP contribution is -2.36. The van der Waals surface area contributed by atoms with Crippen LogP contribution in [0.15, 0.2) is 67.1 Å². The zero-order chi connectivity index (χ0) is 20.5. The number of hydrogen-bond acceptors (Lipinski definition) is 3. The Balaban J connectivity index is 1.60. The molecule has 1 aromatic carbocycles. The fourth-order valence-corrected chi connectivity index (χ4v) is 4.43. The zero-order valence-electron chi connectivity index (χ0n) is 17.1. The first-order chi connectivity index (χ1) is 14.7. The van der Waals surface area contributed by atoms with E-state index in [9.17, 15) is 4.39 Å². The van der Waals surface area contributed by atoms with Crippen molar-refractivity contribution in [1.29, 1.82) is 0 Å². The minimum Gasteiger partial charge on any atom is -0.296 e. The predicted molar refractivity (Wildman–Crippen MR) is 118 cm³/mol. The molecule has 1 aliphatic heterocycles. The summed E-state index contributed by atoms with van der Waals surface area (Å²) in [6, 6.07) is 15.5. The molecule has 0 saturated carbocycles. The van der Waals surface area contributed by atoms with Crippen LogP contribution in [-0.4, -0.2) is 32.1 Å². The molecule has 1 aliphatic rings. The summed E-state index contributed by atoms with van der Waals surface area (Å²) in [5, 5.41) is 4.92. The summed E-state index contributed by atoms with van der Waals surface area (Å²) in [6.45, 7) is 4.41. The highest BCUT2D eigenvalue weighted by Gasteiger charge is 2.20. The lowest BCUT2D eigenvalue weighted by Gasteiger charge is -2.33. The number of halogens is 1. The summed E-state index contributed by atoms with van der Waals surface area (Å²) in [6.07, 6.45) is 9.58. The van der Waals surface area contributed by atoms with Crippen molar-refractivity contribution in [2.24, 2.45) is 0 Å². The van der Waals surface area contributed by atoms with Gasteiger partial charge in [0.15, 0.2) is 0 Å². The summed E-state index contributed by atoms with van der Waals surface area (Å²) in [4.78, 5) is 6.71. The van der Waals surface area contributed by atoms with Crippen LogP contribution in [0.4, 0.5) is 4.39 Å². The van der Waals surface area contributed by atoms with Gasteiger partial charge in [-0.25, -0.2) is 8.91 Å². The summed E-state index contributed by atoms with van der Waals surface area (Å²) in [7, 11) is 0. The largest absolute Gasteiger partial charge is 0.296 e. The standard InChI is InChI=1S/C25H25FN4/c1-18-4-2-3-15-29(18)16-19-5-10-23-24(20-11-13-27-14-12-20)25(28-30(23)17-19)21-6-8-22(26)9-7-21/h5-14,17-18H,2-4,15-16H2,1H3/t18-/m0/s1. The summed E-state index contributed by atoms with van der Waals surface area (Å²) in [5.41, 5.74) is 6.14. The minimum absolute atomic E-state index is 0.245. The van der Waals surface area contributed by atoms with Crippen molar-refractivity contribution in [3.05, 3.63) is 78.5 Å². The van der Waals surface area contributed by atoms with Crippen LogP contribution < -0.4 is 0 Å². The van der Waals surface area contributed by atoms with E-state index < -0.39 is 0 Å². The number of likely N-dealkylation sites (tertiary alicyclic amines) is 1. The van der Waals surface area contributed by atoms with Crippen molar-refractivity contribution >= 4 is 5.52 Å². The van der Waals surface area contributed by atoms with Gasteiger partial charge < -0.3 is 0 Å². The third kappa shape index (κ3) is 3.61. The molecule has 1 atom stereocenters. The number of rotatable bonds is 4. The lowest BCUT2D eigenvalue weighted by molar-refractivity contribution is 0.152. The van der Waals surface area contributed by atoms with Crippen LogP contribution in [0.2, 0.25) is 0 Å². The Morgan fingerprint density at radius 2 is 1.77 bits per heavy atom. The van der Waals surface area contributed by atoms with Gasteiger partial charge in [-0.15, -0.1) is 0 Å². The molecule has 0 bridgehead atoms. The van der Waals surface area contributed by atoms with Crippen molar-refractivity contribution in [1.82, 2.24) is 19.5 Å². The van der Waals surface area contributed by atoms with Crippen molar-refractivity contribution in [3.63, 3.8) is 0 Å². The number of hydrogen-bond donors (Lipinski definition) is 0. The molecule has 30 heavy (non-hydrogen) atoms. The molecule has 0 aliphatic carbocycles. The van der Waals surface area contributed by atoms with Gasteiger partial charge in [0.1, 0.15) is 11.5 Å². The number of nitrogens with zero attached hydrogens (tertiary/aromatic N) is 4. The highest BCUT2D eigenvalue weighted by molar-refractivity contribution is 5.92. The van der Waals surface area contributed by atoms with Crippen LogP contribution in [0.1, 0.15) is 31.7 Å². The molecule has 0 radical (unpaired) electrons. The second-order valence-electron chi connectivity index (χ2n) is 8.15. The number of aromatic nitrogens is 3. The van der Waals surface area contributed by atoms with E-state index >= 15 is 0 Å². The highest BCUT2D eigenvalue weighted by atomic mass is 19.1. The minimum atomic E-state index is -0.245. The number of benzene rings is 1. The highest BCUT2D eigenvalue weighted by Crippen LogP contribution is 2.35. The summed E-state index contributed by atoms with van der Waals surface area (Å²) in [5.74, 6) is -0.245. The van der Waals surface area contributed by atoms with Gasteiger partial charge in [-0.3, -0.25) is 9.88 Å². The predicted octanol–water partition coefficient (Wildman–Crippen LogP) is 5.58. The smallest absolute Gasteiger partial charge is 0.123 e. The van der Waals surface area contributed by atoms with E-state index in [1.807, 2.05) is 16.6 Å². The molecule has 1 fully saturated rings. The van der Waals surface area contributed by atoms with E-state index in [4.69, 9.17) is 5.10 Å². The van der Waals surface area contributed by atoms with E-state index in [2.05, 4.69) is 35.1 Å². The fourth-order valence-electron chi connectivity index (χ4n) is 4.43. The Labute approximate surface area is 176 Å². The van der Waals surface area contributed by atoms with E-state index in [1.54, 1.807) is 24.5 Å². The van der Waals surface area contributed by atoms with Gasteiger partial charge in [-0.05, 0) is 79.9 Å². The van der Waals surface area contributed by atoms with Crippen molar-refractivity contribution in [2.45, 2.75) is 38.8 Å². The fraction of sp³-hybridized carbons (Fsp3) is 0.280. The van der Waals surface area contributed by atoms with Gasteiger partial charge in [0.05, 0.1) is 5.52 Å². The molecule has 4 aromatic rings. The number of fused-ring (bicyclic) bond motifs is 1. The van der Waals surface area contributed by atoms with Crippen molar-refractivity contribution in [3.8, 4) is 22.4 Å². The molecule has 4 nitrogen and oxygen atoms in total. The molecule has 152 valence electrons. The van der Waals surface area contributed by atoms with Gasteiger partial charge in [0, 0.05) is 42.3 Å². The Kier molecular flexibility index (Phi) is 5.05. The molecule has 0 amide bonds. The Morgan fingerprint density at radius 1 is 0.967 bits per heavy atom. The Bertz CT molecular complexity index is 1150. The van der Waals surface area contributed by atoms with Gasteiger partial charge in [0.2, 0.25) is 0 Å². The maximum absolute atomic E-state index is 13.5. The van der Waals surface area contributed by atoms with Gasteiger partial charge in [-0.2, -0.15) is 5.10 Å². The molecule has 5 heteroatoms. The van der Waals surface area contributed by atoms with Crippen LogP contribution in [0.25, 0.3) is 27.9 Å². The van der Waals surface area contributed by atoms with Crippen LogP contribution in [0, 0.1) is 5.82 Å². The topological polar surface area (TPSA) is 33.4 Å². The molecular formula is C25H25FN4. The maximum Gasteiger partial charge on any atom is 0.123 e. The maximum atomic E-state index is 13.5. The number of piperidine rings is 1.